The molecule has 1 aromatic carbocycles. The van der Waals surface area contributed by atoms with E-state index in [1.54, 1.807) is 0 Å². The molecule has 2 heterocycles. The maximum absolute atomic E-state index is 6.10. The molecule has 5 heteroatoms. The van der Waals surface area contributed by atoms with Gasteiger partial charge >= 0.3 is 0 Å². The highest BCUT2D eigenvalue weighted by atomic mass is 16.6. The molecule has 0 saturated carbocycles. The van der Waals surface area contributed by atoms with E-state index in [4.69, 9.17) is 15.2 Å². The minimum absolute atomic E-state index is 0.590. The van der Waals surface area contributed by atoms with Crippen molar-refractivity contribution in [3.63, 3.8) is 0 Å². The maximum atomic E-state index is 6.10. The van der Waals surface area contributed by atoms with Crippen LogP contribution in [0.25, 0.3) is 0 Å². The van der Waals surface area contributed by atoms with Crippen molar-refractivity contribution in [2.45, 2.75) is 26.3 Å². The summed E-state index contributed by atoms with van der Waals surface area (Å²) in [6.45, 7) is 9.01. The Morgan fingerprint density at radius 2 is 2.00 bits per heavy atom. The Morgan fingerprint density at radius 1 is 1.29 bits per heavy atom. The second-order valence-corrected chi connectivity index (χ2v) is 6.21. The van der Waals surface area contributed by atoms with Crippen LogP contribution in [0, 0.1) is 5.92 Å². The standard InChI is InChI=1S/C16H25N3O2/c1-11(2)19-4-3-12(10-19)9-18-14-8-16-15(7-13(14)17)20-5-6-21-16/h7-8,11-12,18H,3-6,9-10,17H2,1-2H3. The molecule has 0 bridgehead atoms. The van der Waals surface area contributed by atoms with Crippen molar-refractivity contribution in [3.8, 4) is 11.5 Å². The molecule has 0 aliphatic carbocycles. The molecule has 2 aliphatic heterocycles. The molecule has 1 aromatic rings. The zero-order valence-electron chi connectivity index (χ0n) is 12.9. The van der Waals surface area contributed by atoms with Gasteiger partial charge in [-0.3, -0.25) is 0 Å². The number of nitrogen functional groups attached to an aromatic ring is 1. The maximum Gasteiger partial charge on any atom is 0.163 e. The van der Waals surface area contributed by atoms with Gasteiger partial charge in [-0.1, -0.05) is 0 Å². The van der Waals surface area contributed by atoms with Gasteiger partial charge in [0.15, 0.2) is 11.5 Å². The van der Waals surface area contributed by atoms with E-state index in [9.17, 15) is 0 Å². The minimum atomic E-state index is 0.590. The lowest BCUT2D eigenvalue weighted by molar-refractivity contribution is 0.172. The molecular formula is C16H25N3O2. The van der Waals surface area contributed by atoms with Crippen molar-refractivity contribution in [2.75, 3.05) is 43.9 Å². The van der Waals surface area contributed by atoms with Crippen molar-refractivity contribution in [1.82, 2.24) is 4.90 Å². The SMILES string of the molecule is CC(C)N1CCC(CNc2cc3c(cc2N)OCCO3)C1. The smallest absolute Gasteiger partial charge is 0.163 e. The van der Waals surface area contributed by atoms with E-state index in [1.807, 2.05) is 12.1 Å². The molecular weight excluding hydrogens is 266 g/mol. The lowest BCUT2D eigenvalue weighted by Gasteiger charge is -2.22. The normalized spacial score (nSPS) is 21.8. The fraction of sp³-hybridized carbons (Fsp3) is 0.625. The Bertz CT molecular complexity index is 505. The van der Waals surface area contributed by atoms with Gasteiger partial charge in [0.25, 0.3) is 0 Å². The Hall–Kier alpha value is -1.62. The zero-order chi connectivity index (χ0) is 14.8. The van der Waals surface area contributed by atoms with Crippen LogP contribution in [-0.4, -0.2) is 43.8 Å². The number of rotatable bonds is 4. The van der Waals surface area contributed by atoms with E-state index in [-0.39, 0.29) is 0 Å². The second kappa shape index (κ2) is 6.02. The topological polar surface area (TPSA) is 59.8 Å². The Kier molecular flexibility index (Phi) is 4.10. The fourth-order valence-corrected chi connectivity index (χ4v) is 3.01. The Balaban J connectivity index is 1.61. The number of anilines is 2. The molecule has 116 valence electrons. The summed E-state index contributed by atoms with van der Waals surface area (Å²) >= 11 is 0. The second-order valence-electron chi connectivity index (χ2n) is 6.21. The molecule has 0 radical (unpaired) electrons. The lowest BCUT2D eigenvalue weighted by Crippen LogP contribution is -2.29. The molecule has 21 heavy (non-hydrogen) atoms. The predicted molar refractivity (Wildman–Crippen MR) is 85.2 cm³/mol. The van der Waals surface area contributed by atoms with E-state index in [1.165, 1.54) is 13.0 Å². The van der Waals surface area contributed by atoms with Crippen LogP contribution in [0.5, 0.6) is 11.5 Å². The van der Waals surface area contributed by atoms with Crippen LogP contribution >= 0.6 is 0 Å². The van der Waals surface area contributed by atoms with E-state index in [0.29, 0.717) is 25.2 Å². The number of nitrogens with two attached hydrogens (primary N) is 1. The Morgan fingerprint density at radius 3 is 2.67 bits per heavy atom. The van der Waals surface area contributed by atoms with Gasteiger partial charge in [-0.15, -0.1) is 0 Å². The Labute approximate surface area is 126 Å². The molecule has 3 N–H and O–H groups in total. The average molecular weight is 291 g/mol. The van der Waals surface area contributed by atoms with Gasteiger partial charge in [-0.2, -0.15) is 0 Å². The highest BCUT2D eigenvalue weighted by Gasteiger charge is 2.24. The van der Waals surface area contributed by atoms with Crippen molar-refractivity contribution in [3.05, 3.63) is 12.1 Å². The molecule has 0 amide bonds. The molecule has 5 nitrogen and oxygen atoms in total. The molecule has 2 aliphatic rings. The van der Waals surface area contributed by atoms with Crippen LogP contribution in [0.4, 0.5) is 11.4 Å². The molecule has 1 fully saturated rings. The minimum Gasteiger partial charge on any atom is -0.486 e. The van der Waals surface area contributed by atoms with Crippen molar-refractivity contribution in [2.24, 2.45) is 5.92 Å². The van der Waals surface area contributed by atoms with Gasteiger partial charge in [0.1, 0.15) is 13.2 Å². The molecule has 1 saturated heterocycles. The summed E-state index contributed by atoms with van der Waals surface area (Å²) < 4.78 is 11.1. The fourth-order valence-electron chi connectivity index (χ4n) is 3.01. The number of nitrogens with zero attached hydrogens (tertiary/aromatic N) is 1. The first-order valence-electron chi connectivity index (χ1n) is 7.80. The third-order valence-electron chi connectivity index (χ3n) is 4.34. The summed E-state index contributed by atoms with van der Waals surface area (Å²) in [7, 11) is 0. The number of hydrogen-bond acceptors (Lipinski definition) is 5. The lowest BCUT2D eigenvalue weighted by atomic mass is 10.1. The number of hydrogen-bond donors (Lipinski definition) is 2. The summed E-state index contributed by atoms with van der Waals surface area (Å²) in [4.78, 5) is 2.53. The first-order valence-corrected chi connectivity index (χ1v) is 7.80. The third kappa shape index (κ3) is 3.18. The van der Waals surface area contributed by atoms with Crippen molar-refractivity contribution >= 4 is 11.4 Å². The van der Waals surface area contributed by atoms with Gasteiger partial charge in [-0.25, -0.2) is 0 Å². The van der Waals surface area contributed by atoms with Crippen LogP contribution in [0.1, 0.15) is 20.3 Å². The average Bonchev–Trinajstić information content (AvgIpc) is 2.94. The summed E-state index contributed by atoms with van der Waals surface area (Å²) in [6, 6.07) is 4.44. The van der Waals surface area contributed by atoms with E-state index < -0.39 is 0 Å². The monoisotopic (exact) mass is 291 g/mol. The molecule has 0 aromatic heterocycles. The molecule has 1 unspecified atom stereocenters. The number of benzene rings is 1. The predicted octanol–water partition coefficient (Wildman–Crippen LogP) is 2.18. The van der Waals surface area contributed by atoms with E-state index >= 15 is 0 Å². The number of nitrogens with one attached hydrogen (secondary N) is 1. The highest BCUT2D eigenvalue weighted by molar-refractivity contribution is 5.72. The van der Waals surface area contributed by atoms with E-state index in [2.05, 4.69) is 24.1 Å². The van der Waals surface area contributed by atoms with Gasteiger partial charge in [-0.05, 0) is 32.7 Å². The van der Waals surface area contributed by atoms with E-state index in [0.717, 1.165) is 36.0 Å². The van der Waals surface area contributed by atoms with Gasteiger partial charge in [0, 0.05) is 31.3 Å². The van der Waals surface area contributed by atoms with Crippen LogP contribution in [0.3, 0.4) is 0 Å². The van der Waals surface area contributed by atoms with Crippen LogP contribution in [0.2, 0.25) is 0 Å². The molecule has 0 spiro atoms. The summed E-state index contributed by atoms with van der Waals surface area (Å²) in [5, 5.41) is 3.48. The van der Waals surface area contributed by atoms with Crippen LogP contribution in [-0.2, 0) is 0 Å². The van der Waals surface area contributed by atoms with Gasteiger partial charge < -0.3 is 25.4 Å². The molecule has 1 atom stereocenters. The summed E-state index contributed by atoms with van der Waals surface area (Å²) in [5.41, 5.74) is 7.76. The number of fused-ring (bicyclic) bond motifs is 1. The van der Waals surface area contributed by atoms with Crippen LogP contribution in [0.15, 0.2) is 12.1 Å². The largest absolute Gasteiger partial charge is 0.486 e. The number of likely N-dealkylation sites (tertiary alicyclic amines) is 1. The van der Waals surface area contributed by atoms with Crippen LogP contribution < -0.4 is 20.5 Å². The van der Waals surface area contributed by atoms with Crippen molar-refractivity contribution in [1.29, 1.82) is 0 Å². The summed E-state index contributed by atoms with van der Waals surface area (Å²) in [6.07, 6.45) is 1.25. The third-order valence-corrected chi connectivity index (χ3v) is 4.34. The highest BCUT2D eigenvalue weighted by Crippen LogP contribution is 2.37. The first kappa shape index (κ1) is 14.3. The zero-order valence-corrected chi connectivity index (χ0v) is 12.9. The summed E-state index contributed by atoms with van der Waals surface area (Å²) in [5.74, 6) is 2.21. The quantitative estimate of drug-likeness (QED) is 0.833. The van der Waals surface area contributed by atoms with Crippen molar-refractivity contribution < 1.29 is 9.47 Å². The number of ether oxygens (including phenoxy) is 2. The van der Waals surface area contributed by atoms with Gasteiger partial charge in [0.05, 0.1) is 11.4 Å². The first-order chi connectivity index (χ1) is 10.1. The molecule has 3 rings (SSSR count). The van der Waals surface area contributed by atoms with Gasteiger partial charge in [0.2, 0.25) is 0 Å².